The van der Waals surface area contributed by atoms with Crippen LogP contribution in [0, 0.1) is 0 Å². The summed E-state index contributed by atoms with van der Waals surface area (Å²) in [5, 5.41) is 3.27. The van der Waals surface area contributed by atoms with Gasteiger partial charge in [-0.2, -0.15) is 0 Å². The summed E-state index contributed by atoms with van der Waals surface area (Å²) in [7, 11) is 1.36. The molecule has 138 valence electrons. The van der Waals surface area contributed by atoms with Crippen LogP contribution in [-0.4, -0.2) is 25.6 Å². The Morgan fingerprint density at radius 1 is 1.00 bits per heavy atom. The van der Waals surface area contributed by atoms with Gasteiger partial charge in [-0.05, 0) is 18.2 Å². The van der Waals surface area contributed by atoms with Gasteiger partial charge in [0.1, 0.15) is 11.3 Å². The van der Waals surface area contributed by atoms with Gasteiger partial charge < -0.3 is 20.5 Å². The lowest BCUT2D eigenvalue weighted by Crippen LogP contribution is -2.21. The topological polar surface area (TPSA) is 90.7 Å². The van der Waals surface area contributed by atoms with Crippen molar-refractivity contribution in [3.63, 3.8) is 0 Å². The number of esters is 1. The van der Waals surface area contributed by atoms with Crippen LogP contribution in [0.5, 0.6) is 5.75 Å². The van der Waals surface area contributed by atoms with Crippen molar-refractivity contribution in [3.8, 4) is 5.75 Å². The molecule has 3 N–H and O–H groups in total. The average Bonchev–Trinajstić information content (AvgIpc) is 2.59. The van der Waals surface area contributed by atoms with Crippen LogP contribution in [0.3, 0.4) is 0 Å². The van der Waals surface area contributed by atoms with Crippen molar-refractivity contribution in [1.82, 2.24) is 0 Å². The van der Waals surface area contributed by atoms with Crippen LogP contribution in [0.25, 0.3) is 0 Å². The van der Waals surface area contributed by atoms with E-state index < -0.39 is 18.5 Å². The molecule has 26 heavy (non-hydrogen) atoms. The number of anilines is 2. The van der Waals surface area contributed by atoms with Crippen molar-refractivity contribution in [2.24, 2.45) is 0 Å². The molecule has 0 aromatic heterocycles. The monoisotopic (exact) mass is 436 g/mol. The van der Waals surface area contributed by atoms with Crippen LogP contribution in [0.1, 0.15) is 10.4 Å². The van der Waals surface area contributed by atoms with E-state index in [0.29, 0.717) is 0 Å². The highest BCUT2D eigenvalue weighted by molar-refractivity contribution is 6.44. The number of hydrogen-bond acceptors (Lipinski definition) is 5. The number of amides is 1. The predicted octanol–water partition coefficient (Wildman–Crippen LogP) is 4.69. The number of rotatable bonds is 5. The fourth-order valence-electron chi connectivity index (χ4n) is 1.91. The molecule has 0 spiro atoms. The fourth-order valence-corrected chi connectivity index (χ4v) is 2.67. The second-order valence-electron chi connectivity index (χ2n) is 4.94. The molecular weight excluding hydrogens is 426 g/mol. The molecule has 1 amide bonds. The van der Waals surface area contributed by atoms with E-state index in [1.54, 1.807) is 0 Å². The van der Waals surface area contributed by atoms with Gasteiger partial charge in [0, 0.05) is 6.07 Å². The highest BCUT2D eigenvalue weighted by Crippen LogP contribution is 2.32. The van der Waals surface area contributed by atoms with Crippen LogP contribution < -0.4 is 15.8 Å². The zero-order chi connectivity index (χ0) is 19.4. The molecule has 0 aliphatic heterocycles. The van der Waals surface area contributed by atoms with E-state index in [9.17, 15) is 9.59 Å². The number of ether oxygens (including phenoxy) is 2. The lowest BCUT2D eigenvalue weighted by Gasteiger charge is -2.11. The molecule has 0 atom stereocenters. The maximum absolute atomic E-state index is 12.2. The summed E-state index contributed by atoms with van der Waals surface area (Å²) >= 11 is 23.6. The maximum atomic E-state index is 12.2. The minimum atomic E-state index is -0.806. The average molecular weight is 438 g/mol. The van der Waals surface area contributed by atoms with E-state index >= 15 is 0 Å². The van der Waals surface area contributed by atoms with Crippen molar-refractivity contribution in [1.29, 1.82) is 0 Å². The molecule has 2 aromatic rings. The van der Waals surface area contributed by atoms with E-state index in [2.05, 4.69) is 5.32 Å². The SMILES string of the molecule is COc1cc(N)c(Cl)cc1C(=O)OCC(=O)Nc1cc(Cl)c(Cl)cc1Cl. The number of carbonyl (C=O) groups is 2. The molecule has 0 saturated carbocycles. The zero-order valence-corrected chi connectivity index (χ0v) is 16.3. The van der Waals surface area contributed by atoms with Crippen LogP contribution in [0.15, 0.2) is 24.3 Å². The summed E-state index contributed by atoms with van der Waals surface area (Å²) in [5.74, 6) is -1.26. The van der Waals surface area contributed by atoms with Gasteiger partial charge in [-0.1, -0.05) is 46.4 Å². The first kappa shape index (κ1) is 20.5. The van der Waals surface area contributed by atoms with Gasteiger partial charge in [0.05, 0.1) is 38.6 Å². The van der Waals surface area contributed by atoms with E-state index in [1.807, 2.05) is 0 Å². The lowest BCUT2D eigenvalue weighted by molar-refractivity contribution is -0.119. The minimum absolute atomic E-state index is 0.0343. The zero-order valence-electron chi connectivity index (χ0n) is 13.2. The highest BCUT2D eigenvalue weighted by atomic mass is 35.5. The largest absolute Gasteiger partial charge is 0.496 e. The first-order valence-electron chi connectivity index (χ1n) is 6.97. The number of nitrogen functional groups attached to an aromatic ring is 1. The molecule has 0 bridgehead atoms. The Labute approximate surface area is 169 Å². The minimum Gasteiger partial charge on any atom is -0.496 e. The molecule has 10 heteroatoms. The smallest absolute Gasteiger partial charge is 0.342 e. The third-order valence-electron chi connectivity index (χ3n) is 3.16. The number of nitrogens with two attached hydrogens (primary N) is 1. The van der Waals surface area contributed by atoms with Crippen LogP contribution in [-0.2, 0) is 9.53 Å². The van der Waals surface area contributed by atoms with Crippen LogP contribution in [0.2, 0.25) is 20.1 Å². The third-order valence-corrected chi connectivity index (χ3v) is 4.52. The van der Waals surface area contributed by atoms with E-state index in [0.717, 1.165) is 0 Å². The summed E-state index contributed by atoms with van der Waals surface area (Å²) in [4.78, 5) is 24.1. The number of carbonyl (C=O) groups excluding carboxylic acids is 2. The standard InChI is InChI=1S/C16H12Cl4N2O4/c1-25-14-5-12(21)10(19)2-7(14)16(24)26-6-15(23)22-13-4-9(18)8(17)3-11(13)20/h2-5H,6,21H2,1H3,(H,22,23). The molecule has 0 saturated heterocycles. The van der Waals surface area contributed by atoms with Crippen molar-refractivity contribution < 1.29 is 19.1 Å². The van der Waals surface area contributed by atoms with Crippen molar-refractivity contribution >= 4 is 69.7 Å². The Hall–Kier alpha value is -1.86. The normalized spacial score (nSPS) is 10.3. The summed E-state index contributed by atoms with van der Waals surface area (Å²) < 4.78 is 10.0. The number of benzene rings is 2. The fraction of sp³-hybridized carbons (Fsp3) is 0.125. The van der Waals surface area contributed by atoms with Gasteiger partial charge in [-0.25, -0.2) is 4.79 Å². The Kier molecular flexibility index (Phi) is 6.83. The predicted molar refractivity (Wildman–Crippen MR) is 103 cm³/mol. The van der Waals surface area contributed by atoms with Crippen molar-refractivity contribution in [2.75, 3.05) is 24.8 Å². The molecule has 0 aliphatic rings. The van der Waals surface area contributed by atoms with Crippen LogP contribution in [0.4, 0.5) is 11.4 Å². The van der Waals surface area contributed by atoms with Gasteiger partial charge >= 0.3 is 5.97 Å². The Morgan fingerprint density at radius 3 is 2.31 bits per heavy atom. The number of halogens is 4. The molecule has 6 nitrogen and oxygen atoms in total. The second-order valence-corrected chi connectivity index (χ2v) is 6.57. The third kappa shape index (κ3) is 4.86. The van der Waals surface area contributed by atoms with E-state index in [1.165, 1.54) is 31.4 Å². The molecule has 0 radical (unpaired) electrons. The number of methoxy groups -OCH3 is 1. The summed E-state index contributed by atoms with van der Waals surface area (Å²) in [5.41, 5.74) is 6.16. The number of nitrogens with one attached hydrogen (secondary N) is 1. The lowest BCUT2D eigenvalue weighted by atomic mass is 10.2. The highest BCUT2D eigenvalue weighted by Gasteiger charge is 2.18. The Bertz CT molecular complexity index is 874. The van der Waals surface area contributed by atoms with E-state index in [-0.39, 0.29) is 42.8 Å². The first-order chi connectivity index (χ1) is 12.2. The van der Waals surface area contributed by atoms with Gasteiger partial charge in [0.25, 0.3) is 5.91 Å². The van der Waals surface area contributed by atoms with E-state index in [4.69, 9.17) is 61.6 Å². The molecule has 0 unspecified atom stereocenters. The maximum Gasteiger partial charge on any atom is 0.342 e. The molecule has 0 aliphatic carbocycles. The summed E-state index contributed by atoms with van der Waals surface area (Å²) in [6.45, 7) is -0.569. The quantitative estimate of drug-likeness (QED) is 0.402. The van der Waals surface area contributed by atoms with Crippen molar-refractivity contribution in [3.05, 3.63) is 49.9 Å². The Morgan fingerprint density at radius 2 is 1.65 bits per heavy atom. The van der Waals surface area contributed by atoms with Crippen molar-refractivity contribution in [2.45, 2.75) is 0 Å². The summed E-state index contributed by atoms with van der Waals surface area (Å²) in [6.07, 6.45) is 0. The molecule has 0 heterocycles. The first-order valence-corrected chi connectivity index (χ1v) is 8.48. The molecule has 2 aromatic carbocycles. The number of hydrogen-bond donors (Lipinski definition) is 2. The molecule has 2 rings (SSSR count). The van der Waals surface area contributed by atoms with Gasteiger partial charge in [0.2, 0.25) is 0 Å². The second kappa shape index (κ2) is 8.68. The molecular formula is C16H12Cl4N2O4. The van der Waals surface area contributed by atoms with Crippen LogP contribution >= 0.6 is 46.4 Å². The molecule has 0 fully saturated rings. The van der Waals surface area contributed by atoms with Gasteiger partial charge in [-0.3, -0.25) is 4.79 Å². The Balaban J connectivity index is 2.05. The van der Waals surface area contributed by atoms with Gasteiger partial charge in [0.15, 0.2) is 6.61 Å². The van der Waals surface area contributed by atoms with Gasteiger partial charge in [-0.15, -0.1) is 0 Å². The summed E-state index contributed by atoms with van der Waals surface area (Å²) in [6, 6.07) is 5.45.